The van der Waals surface area contributed by atoms with E-state index >= 15 is 0 Å². The number of ether oxygens (including phenoxy) is 2. The fraction of sp³-hybridized carbons (Fsp3) is 0.348. The Bertz CT molecular complexity index is 1080. The molecule has 10 heteroatoms. The van der Waals surface area contributed by atoms with Gasteiger partial charge in [-0.1, -0.05) is 18.2 Å². The van der Waals surface area contributed by atoms with E-state index in [1.807, 2.05) is 0 Å². The van der Waals surface area contributed by atoms with Gasteiger partial charge in [0, 0.05) is 18.8 Å². The van der Waals surface area contributed by atoms with Crippen LogP contribution in [0.2, 0.25) is 0 Å². The zero-order valence-corrected chi connectivity index (χ0v) is 19.1. The second-order valence-electron chi connectivity index (χ2n) is 7.33. The van der Waals surface area contributed by atoms with Crippen LogP contribution in [0, 0.1) is 0 Å². The first-order valence-corrected chi connectivity index (χ1v) is 12.1. The highest BCUT2D eigenvalue weighted by Crippen LogP contribution is 2.21. The van der Waals surface area contributed by atoms with Crippen LogP contribution in [0.4, 0.5) is 5.69 Å². The molecular weight excluding hydrogens is 448 g/mol. The quantitative estimate of drug-likeness (QED) is 0.513. The lowest BCUT2D eigenvalue weighted by Gasteiger charge is -2.21. The summed E-state index contributed by atoms with van der Waals surface area (Å²) >= 11 is 0. The molecule has 0 unspecified atom stereocenters. The van der Waals surface area contributed by atoms with Crippen LogP contribution >= 0.6 is 0 Å². The Kier molecular flexibility index (Phi) is 8.18. The molecule has 0 atom stereocenters. The number of hydrogen-bond donors (Lipinski definition) is 0. The summed E-state index contributed by atoms with van der Waals surface area (Å²) in [5.74, 6) is -1.97. The summed E-state index contributed by atoms with van der Waals surface area (Å²) in [6, 6.07) is 13.9. The zero-order chi connectivity index (χ0) is 23.8. The van der Waals surface area contributed by atoms with Crippen molar-refractivity contribution in [2.24, 2.45) is 0 Å². The van der Waals surface area contributed by atoms with Gasteiger partial charge < -0.3 is 9.47 Å². The second kappa shape index (κ2) is 11.1. The summed E-state index contributed by atoms with van der Waals surface area (Å²) < 4.78 is 36.6. The van der Waals surface area contributed by atoms with Gasteiger partial charge in [-0.3, -0.25) is 14.5 Å². The molecule has 2 aromatic rings. The van der Waals surface area contributed by atoms with Crippen LogP contribution in [0.1, 0.15) is 30.1 Å². The Morgan fingerprint density at radius 1 is 0.939 bits per heavy atom. The van der Waals surface area contributed by atoms with E-state index in [4.69, 9.17) is 9.47 Å². The average Bonchev–Trinajstić information content (AvgIpc) is 3.38. The van der Waals surface area contributed by atoms with E-state index in [9.17, 15) is 22.8 Å². The number of carbonyl (C=O) groups is 3. The summed E-state index contributed by atoms with van der Waals surface area (Å²) in [5, 5.41) is 0. The maximum atomic E-state index is 12.7. The van der Waals surface area contributed by atoms with Crippen molar-refractivity contribution in [3.63, 3.8) is 0 Å². The van der Waals surface area contributed by atoms with Gasteiger partial charge >= 0.3 is 11.9 Å². The number of para-hydroxylation sites is 1. The Labute approximate surface area is 192 Å². The fourth-order valence-electron chi connectivity index (χ4n) is 3.40. The number of nitrogens with zero attached hydrogens (tertiary/aromatic N) is 2. The highest BCUT2D eigenvalue weighted by Gasteiger charge is 2.27. The highest BCUT2D eigenvalue weighted by atomic mass is 32.2. The number of anilines is 1. The first-order valence-electron chi connectivity index (χ1n) is 10.6. The zero-order valence-electron chi connectivity index (χ0n) is 18.3. The monoisotopic (exact) mass is 474 g/mol. The van der Waals surface area contributed by atoms with E-state index in [0.29, 0.717) is 18.8 Å². The molecule has 0 N–H and O–H groups in total. The highest BCUT2D eigenvalue weighted by molar-refractivity contribution is 7.89. The number of sulfonamides is 1. The minimum absolute atomic E-state index is 0.0988. The molecule has 1 fully saturated rings. The molecular formula is C23H26N2O7S. The standard InChI is InChI=1S/C23H26N2O7S/c1-2-31-22(27)16-25(19-8-4-3-5-9-19)21(26)17-32-23(28)18-10-12-20(13-11-18)33(29,30)24-14-6-7-15-24/h3-5,8-13H,2,6-7,14-17H2,1H3. The van der Waals surface area contributed by atoms with Gasteiger partial charge in [0.25, 0.3) is 5.91 Å². The van der Waals surface area contributed by atoms with Crippen LogP contribution in [0.15, 0.2) is 59.5 Å². The molecule has 176 valence electrons. The minimum Gasteiger partial charge on any atom is -0.465 e. The molecule has 9 nitrogen and oxygen atoms in total. The SMILES string of the molecule is CCOC(=O)CN(C(=O)COC(=O)c1ccc(S(=O)(=O)N2CCCC2)cc1)c1ccccc1. The fourth-order valence-corrected chi connectivity index (χ4v) is 4.91. The van der Waals surface area contributed by atoms with Crippen LogP contribution in [0.3, 0.4) is 0 Å². The van der Waals surface area contributed by atoms with Gasteiger partial charge in [-0.2, -0.15) is 4.31 Å². The third-order valence-electron chi connectivity index (χ3n) is 5.08. The predicted molar refractivity (Wildman–Crippen MR) is 120 cm³/mol. The van der Waals surface area contributed by atoms with E-state index in [-0.39, 0.29) is 23.6 Å². The molecule has 1 saturated heterocycles. The van der Waals surface area contributed by atoms with Gasteiger partial charge in [0.2, 0.25) is 10.0 Å². The van der Waals surface area contributed by atoms with Crippen molar-refractivity contribution in [2.75, 3.05) is 37.7 Å². The lowest BCUT2D eigenvalue weighted by molar-refractivity contribution is -0.142. The van der Waals surface area contributed by atoms with Crippen molar-refractivity contribution in [1.29, 1.82) is 0 Å². The van der Waals surface area contributed by atoms with Gasteiger partial charge in [-0.25, -0.2) is 13.2 Å². The smallest absolute Gasteiger partial charge is 0.338 e. The maximum absolute atomic E-state index is 12.7. The molecule has 3 rings (SSSR count). The first kappa shape index (κ1) is 24.4. The summed E-state index contributed by atoms with van der Waals surface area (Å²) in [6.45, 7) is 1.89. The number of hydrogen-bond acceptors (Lipinski definition) is 7. The molecule has 33 heavy (non-hydrogen) atoms. The molecule has 0 aliphatic carbocycles. The Hall–Kier alpha value is -3.24. The van der Waals surface area contributed by atoms with Gasteiger partial charge in [0.05, 0.1) is 17.1 Å². The lowest BCUT2D eigenvalue weighted by atomic mass is 10.2. The third-order valence-corrected chi connectivity index (χ3v) is 6.99. The van der Waals surface area contributed by atoms with Crippen molar-refractivity contribution in [1.82, 2.24) is 4.31 Å². The number of carbonyl (C=O) groups excluding carboxylic acids is 3. The van der Waals surface area contributed by atoms with Crippen LogP contribution in [-0.4, -0.2) is 63.4 Å². The van der Waals surface area contributed by atoms with Crippen molar-refractivity contribution >= 4 is 33.6 Å². The van der Waals surface area contributed by atoms with Crippen LogP contribution in [0.5, 0.6) is 0 Å². The maximum Gasteiger partial charge on any atom is 0.338 e. The van der Waals surface area contributed by atoms with Gasteiger partial charge in [-0.15, -0.1) is 0 Å². The molecule has 2 aromatic carbocycles. The van der Waals surface area contributed by atoms with Crippen molar-refractivity contribution in [3.8, 4) is 0 Å². The number of esters is 2. The van der Waals surface area contributed by atoms with Gasteiger partial charge in [0.1, 0.15) is 6.54 Å². The number of benzene rings is 2. The molecule has 0 bridgehead atoms. The van der Waals surface area contributed by atoms with Crippen LogP contribution in [-0.2, 0) is 29.1 Å². The van der Waals surface area contributed by atoms with E-state index in [1.54, 1.807) is 37.3 Å². The van der Waals surface area contributed by atoms with E-state index < -0.39 is 34.5 Å². The molecule has 0 aromatic heterocycles. The van der Waals surface area contributed by atoms with Gasteiger partial charge in [-0.05, 0) is 56.2 Å². The molecule has 1 amide bonds. The first-order chi connectivity index (χ1) is 15.8. The number of amides is 1. The Balaban J connectivity index is 1.64. The van der Waals surface area contributed by atoms with Crippen LogP contribution < -0.4 is 4.90 Å². The Morgan fingerprint density at radius 3 is 2.18 bits per heavy atom. The van der Waals surface area contributed by atoms with Gasteiger partial charge in [0.15, 0.2) is 6.61 Å². The normalized spacial score (nSPS) is 14.0. The van der Waals surface area contributed by atoms with Crippen molar-refractivity contribution in [2.45, 2.75) is 24.7 Å². The van der Waals surface area contributed by atoms with E-state index in [2.05, 4.69) is 0 Å². The lowest BCUT2D eigenvalue weighted by Crippen LogP contribution is -2.39. The largest absolute Gasteiger partial charge is 0.465 e. The predicted octanol–water partition coefficient (Wildman–Crippen LogP) is 2.22. The summed E-state index contributed by atoms with van der Waals surface area (Å²) in [4.78, 5) is 38.3. The van der Waals surface area contributed by atoms with Crippen molar-refractivity contribution in [3.05, 3.63) is 60.2 Å². The molecule has 0 spiro atoms. The molecule has 0 radical (unpaired) electrons. The molecule has 1 heterocycles. The molecule has 0 saturated carbocycles. The summed E-state index contributed by atoms with van der Waals surface area (Å²) in [7, 11) is -3.59. The average molecular weight is 475 g/mol. The second-order valence-corrected chi connectivity index (χ2v) is 9.27. The number of rotatable bonds is 9. The topological polar surface area (TPSA) is 110 Å². The molecule has 1 aliphatic heterocycles. The third kappa shape index (κ3) is 6.17. The summed E-state index contributed by atoms with van der Waals surface area (Å²) in [6.07, 6.45) is 1.65. The molecule has 1 aliphatic rings. The Morgan fingerprint density at radius 2 is 1.58 bits per heavy atom. The van der Waals surface area contributed by atoms with E-state index in [1.165, 1.54) is 33.5 Å². The minimum atomic E-state index is -3.59. The van der Waals surface area contributed by atoms with Crippen molar-refractivity contribution < 1.29 is 32.3 Å². The van der Waals surface area contributed by atoms with E-state index in [0.717, 1.165) is 12.8 Å². The van der Waals surface area contributed by atoms with Crippen LogP contribution in [0.25, 0.3) is 0 Å². The summed E-state index contributed by atoms with van der Waals surface area (Å²) in [5.41, 5.74) is 0.572.